The number of carbonyl (C=O) groups is 2. The molecule has 1 aromatic carbocycles. The average molecular weight is 362 g/mol. The van der Waals surface area contributed by atoms with Gasteiger partial charge in [0.1, 0.15) is 6.04 Å². The molecular weight excluding hydrogens is 342 g/mol. The van der Waals surface area contributed by atoms with Crippen molar-refractivity contribution in [2.75, 3.05) is 10.2 Å². The van der Waals surface area contributed by atoms with Crippen molar-refractivity contribution >= 4 is 35.0 Å². The zero-order valence-electron chi connectivity index (χ0n) is 14.4. The molecule has 2 aromatic rings. The van der Waals surface area contributed by atoms with Gasteiger partial charge in [0.25, 0.3) is 0 Å². The molecule has 0 spiro atoms. The van der Waals surface area contributed by atoms with E-state index in [-0.39, 0.29) is 23.1 Å². The van der Waals surface area contributed by atoms with Crippen molar-refractivity contribution in [2.45, 2.75) is 45.1 Å². The van der Waals surface area contributed by atoms with E-state index in [1.165, 1.54) is 4.90 Å². The Labute approximate surface area is 151 Å². The van der Waals surface area contributed by atoms with Gasteiger partial charge >= 0.3 is 0 Å². The lowest BCUT2D eigenvalue weighted by molar-refractivity contribution is -0.120. The van der Waals surface area contributed by atoms with Crippen LogP contribution in [0.4, 0.5) is 11.6 Å². The summed E-state index contributed by atoms with van der Waals surface area (Å²) in [7, 11) is 0. The van der Waals surface area contributed by atoms with E-state index in [1.54, 1.807) is 30.3 Å². The standard InChI is InChI=1S/C18H20ClN3O3/c1-18(2,3)14-10-15(25-21-14)20-17(24)13-7-8-16(23)22(13)12-6-4-5-11(19)9-12/h4-6,9-10,13H,7-8H2,1-3H3,(H,20,24)/t13-/m0/s1. The number of amides is 2. The highest BCUT2D eigenvalue weighted by atomic mass is 35.5. The number of halogens is 1. The second kappa shape index (κ2) is 6.52. The summed E-state index contributed by atoms with van der Waals surface area (Å²) in [6.45, 7) is 6.02. The fraction of sp³-hybridized carbons (Fsp3) is 0.389. The van der Waals surface area contributed by atoms with Crippen LogP contribution in [0.15, 0.2) is 34.9 Å². The minimum atomic E-state index is -0.603. The van der Waals surface area contributed by atoms with Gasteiger partial charge in [0, 0.05) is 28.6 Å². The number of hydrogen-bond donors (Lipinski definition) is 1. The third-order valence-electron chi connectivity index (χ3n) is 4.13. The van der Waals surface area contributed by atoms with Gasteiger partial charge < -0.3 is 4.52 Å². The molecular formula is C18H20ClN3O3. The zero-order chi connectivity index (χ0) is 18.2. The summed E-state index contributed by atoms with van der Waals surface area (Å²) in [6, 6.07) is 8.03. The monoisotopic (exact) mass is 361 g/mol. The van der Waals surface area contributed by atoms with Crippen molar-refractivity contribution in [1.29, 1.82) is 0 Å². The lowest BCUT2D eigenvalue weighted by atomic mass is 9.92. The van der Waals surface area contributed by atoms with Gasteiger partial charge in [-0.1, -0.05) is 43.6 Å². The normalized spacial score (nSPS) is 17.8. The van der Waals surface area contributed by atoms with Crippen LogP contribution in [0.5, 0.6) is 0 Å². The Morgan fingerprint density at radius 1 is 1.36 bits per heavy atom. The van der Waals surface area contributed by atoms with Gasteiger partial charge in [-0.3, -0.25) is 19.8 Å². The molecule has 6 nitrogen and oxygen atoms in total. The Morgan fingerprint density at radius 3 is 2.76 bits per heavy atom. The van der Waals surface area contributed by atoms with Crippen molar-refractivity contribution in [1.82, 2.24) is 5.16 Å². The van der Waals surface area contributed by atoms with Gasteiger partial charge in [0.05, 0.1) is 5.69 Å². The summed E-state index contributed by atoms with van der Waals surface area (Å²) in [5, 5.41) is 7.21. The van der Waals surface area contributed by atoms with E-state index >= 15 is 0 Å². The third kappa shape index (κ3) is 3.69. The average Bonchev–Trinajstić information content (AvgIpc) is 3.13. The number of aromatic nitrogens is 1. The molecule has 0 saturated carbocycles. The summed E-state index contributed by atoms with van der Waals surface area (Å²) >= 11 is 6.01. The second-order valence-electron chi connectivity index (χ2n) is 7.11. The fourth-order valence-corrected chi connectivity index (χ4v) is 2.96. The van der Waals surface area contributed by atoms with Crippen LogP contribution in [-0.4, -0.2) is 23.0 Å². The van der Waals surface area contributed by atoms with Crippen molar-refractivity contribution in [2.24, 2.45) is 0 Å². The predicted octanol–water partition coefficient (Wildman–Crippen LogP) is 3.76. The molecule has 1 fully saturated rings. The van der Waals surface area contributed by atoms with E-state index in [2.05, 4.69) is 10.5 Å². The maximum absolute atomic E-state index is 12.7. The summed E-state index contributed by atoms with van der Waals surface area (Å²) in [6.07, 6.45) is 0.756. The number of carbonyl (C=O) groups excluding carboxylic acids is 2. The predicted molar refractivity (Wildman–Crippen MR) is 95.8 cm³/mol. The molecule has 1 aliphatic rings. The van der Waals surface area contributed by atoms with Crippen LogP contribution >= 0.6 is 11.6 Å². The van der Waals surface area contributed by atoms with E-state index in [0.717, 1.165) is 5.69 Å². The quantitative estimate of drug-likeness (QED) is 0.903. The van der Waals surface area contributed by atoms with Crippen LogP contribution in [0, 0.1) is 0 Å². The first-order chi connectivity index (χ1) is 11.8. The Hall–Kier alpha value is -2.34. The number of anilines is 2. The Balaban J connectivity index is 1.79. The molecule has 0 bridgehead atoms. The van der Waals surface area contributed by atoms with Gasteiger partial charge in [-0.15, -0.1) is 0 Å². The van der Waals surface area contributed by atoms with E-state index in [1.807, 2.05) is 20.8 Å². The number of nitrogens with one attached hydrogen (secondary N) is 1. The first-order valence-electron chi connectivity index (χ1n) is 8.11. The second-order valence-corrected chi connectivity index (χ2v) is 7.55. The van der Waals surface area contributed by atoms with Gasteiger partial charge in [-0.2, -0.15) is 0 Å². The Morgan fingerprint density at radius 2 is 2.12 bits per heavy atom. The topological polar surface area (TPSA) is 75.4 Å². The molecule has 1 N–H and O–H groups in total. The molecule has 1 aromatic heterocycles. The molecule has 7 heteroatoms. The molecule has 3 rings (SSSR count). The molecule has 0 radical (unpaired) electrons. The minimum absolute atomic E-state index is 0.102. The Bertz CT molecular complexity index is 810. The SMILES string of the molecule is CC(C)(C)c1cc(NC(=O)[C@@H]2CCC(=O)N2c2cccc(Cl)c2)on1. The maximum atomic E-state index is 12.7. The van der Waals surface area contributed by atoms with Crippen LogP contribution in [0.25, 0.3) is 0 Å². The third-order valence-corrected chi connectivity index (χ3v) is 4.36. The van der Waals surface area contributed by atoms with Crippen LogP contribution in [0.3, 0.4) is 0 Å². The summed E-state index contributed by atoms with van der Waals surface area (Å²) in [5.74, 6) is -0.127. The van der Waals surface area contributed by atoms with E-state index < -0.39 is 6.04 Å². The lowest BCUT2D eigenvalue weighted by Gasteiger charge is -2.23. The largest absolute Gasteiger partial charge is 0.338 e. The molecule has 1 atom stereocenters. The van der Waals surface area contributed by atoms with E-state index in [9.17, 15) is 9.59 Å². The number of benzene rings is 1. The smallest absolute Gasteiger partial charge is 0.249 e. The first kappa shape index (κ1) is 17.5. The lowest BCUT2D eigenvalue weighted by Crippen LogP contribution is -2.41. The summed E-state index contributed by atoms with van der Waals surface area (Å²) in [4.78, 5) is 26.4. The van der Waals surface area contributed by atoms with Gasteiger partial charge in [0.2, 0.25) is 17.7 Å². The highest BCUT2D eigenvalue weighted by Crippen LogP contribution is 2.30. The number of nitrogens with zero attached hydrogens (tertiary/aromatic N) is 2. The molecule has 2 amide bonds. The summed E-state index contributed by atoms with van der Waals surface area (Å²) < 4.78 is 5.20. The molecule has 1 aliphatic heterocycles. The molecule has 25 heavy (non-hydrogen) atoms. The van der Waals surface area contributed by atoms with Crippen molar-refractivity contribution in [3.63, 3.8) is 0 Å². The zero-order valence-corrected chi connectivity index (χ0v) is 15.1. The van der Waals surface area contributed by atoms with Gasteiger partial charge in [-0.25, -0.2) is 0 Å². The first-order valence-corrected chi connectivity index (χ1v) is 8.49. The highest BCUT2D eigenvalue weighted by molar-refractivity contribution is 6.31. The Kier molecular flexibility index (Phi) is 4.56. The van der Waals surface area contributed by atoms with Gasteiger partial charge in [0.15, 0.2) is 0 Å². The van der Waals surface area contributed by atoms with Crippen molar-refractivity contribution in [3.8, 4) is 0 Å². The molecule has 2 heterocycles. The highest BCUT2D eigenvalue weighted by Gasteiger charge is 2.37. The number of hydrogen-bond acceptors (Lipinski definition) is 4. The molecule has 0 aliphatic carbocycles. The van der Waals surface area contributed by atoms with Crippen LogP contribution in [0.2, 0.25) is 5.02 Å². The fourth-order valence-electron chi connectivity index (χ4n) is 2.77. The van der Waals surface area contributed by atoms with Gasteiger partial charge in [-0.05, 0) is 24.6 Å². The van der Waals surface area contributed by atoms with Crippen LogP contribution in [0.1, 0.15) is 39.3 Å². The maximum Gasteiger partial charge on any atom is 0.249 e. The number of rotatable bonds is 3. The van der Waals surface area contributed by atoms with E-state index in [4.69, 9.17) is 16.1 Å². The summed E-state index contributed by atoms with van der Waals surface area (Å²) in [5.41, 5.74) is 1.18. The molecule has 1 saturated heterocycles. The minimum Gasteiger partial charge on any atom is -0.338 e. The van der Waals surface area contributed by atoms with Crippen molar-refractivity contribution in [3.05, 3.63) is 41.0 Å². The molecule has 0 unspecified atom stereocenters. The van der Waals surface area contributed by atoms with Crippen LogP contribution in [-0.2, 0) is 15.0 Å². The van der Waals surface area contributed by atoms with Crippen molar-refractivity contribution < 1.29 is 14.1 Å². The van der Waals surface area contributed by atoms with E-state index in [0.29, 0.717) is 23.6 Å². The molecule has 132 valence electrons. The van der Waals surface area contributed by atoms with Crippen LogP contribution < -0.4 is 10.2 Å².